The summed E-state index contributed by atoms with van der Waals surface area (Å²) in [5, 5.41) is 15.1. The minimum Gasteiger partial charge on any atom is -0.475 e. The van der Waals surface area contributed by atoms with E-state index >= 15 is 0 Å². The van der Waals surface area contributed by atoms with Gasteiger partial charge in [0.1, 0.15) is 0 Å². The number of rotatable bonds is 0. The summed E-state index contributed by atoms with van der Waals surface area (Å²) in [5.74, 6) is -2.76. The summed E-state index contributed by atoms with van der Waals surface area (Å²) in [7, 11) is 0. The first kappa shape index (κ1) is 15.4. The Morgan fingerprint density at radius 3 is 2.45 bits per heavy atom. The summed E-state index contributed by atoms with van der Waals surface area (Å²) >= 11 is 0. The van der Waals surface area contributed by atoms with Crippen molar-refractivity contribution in [2.24, 2.45) is 10.8 Å². The lowest BCUT2D eigenvalue weighted by atomic mass is 10.2. The van der Waals surface area contributed by atoms with Crippen molar-refractivity contribution in [3.8, 4) is 0 Å². The lowest BCUT2D eigenvalue weighted by molar-refractivity contribution is -0.192. The molecule has 0 spiro atoms. The van der Waals surface area contributed by atoms with Gasteiger partial charge in [0.05, 0.1) is 11.9 Å². The number of hydrogen-bond donors (Lipinski definition) is 3. The highest BCUT2D eigenvalue weighted by molar-refractivity contribution is 6.02. The minimum atomic E-state index is -5.08. The highest BCUT2D eigenvalue weighted by Crippen LogP contribution is 2.13. The van der Waals surface area contributed by atoms with E-state index in [0.717, 1.165) is 21.8 Å². The van der Waals surface area contributed by atoms with Crippen molar-refractivity contribution >= 4 is 23.6 Å². The number of nitrogens with zero attached hydrogens (tertiary/aromatic N) is 2. The minimum absolute atomic E-state index is 0.766. The summed E-state index contributed by atoms with van der Waals surface area (Å²) in [6.07, 6.45) is 0.451. The molecular formula is C13H11F3N4O2. The number of nitrogens with two attached hydrogens (primary N) is 1. The van der Waals surface area contributed by atoms with E-state index in [1.165, 1.54) is 0 Å². The highest BCUT2D eigenvalue weighted by Gasteiger charge is 2.38. The standard InChI is InChI=1S/C11H10N4.C2HF3O2/c12-10-5-6-15-11(7-13-14-15)9-4-2-1-3-8(9)10;3-2(4,5)1(6)7/h1-7,14H,12H2;(H,6,7). The number of fused-ring (bicyclic) bond motifs is 2. The Bertz CT molecular complexity index is 768. The van der Waals surface area contributed by atoms with Crippen LogP contribution in [0, 0.1) is 0 Å². The molecule has 0 radical (unpaired) electrons. The fourth-order valence-electron chi connectivity index (χ4n) is 1.78. The maximum atomic E-state index is 10.6. The van der Waals surface area contributed by atoms with Crippen LogP contribution in [0.3, 0.4) is 0 Å². The van der Waals surface area contributed by atoms with E-state index in [1.807, 2.05) is 41.6 Å². The van der Waals surface area contributed by atoms with E-state index in [-0.39, 0.29) is 0 Å². The van der Waals surface area contributed by atoms with E-state index in [0.29, 0.717) is 0 Å². The Kier molecular flexibility index (Phi) is 4.06. The number of carboxylic acid groups (broad SMARTS) is 1. The third-order valence-corrected chi connectivity index (χ3v) is 2.77. The van der Waals surface area contributed by atoms with Crippen molar-refractivity contribution in [2.75, 3.05) is 0 Å². The molecule has 0 fully saturated rings. The zero-order valence-corrected chi connectivity index (χ0v) is 11.0. The molecule has 22 heavy (non-hydrogen) atoms. The van der Waals surface area contributed by atoms with Crippen molar-refractivity contribution in [2.45, 2.75) is 6.18 Å². The molecule has 0 atom stereocenters. The molecule has 3 rings (SSSR count). The van der Waals surface area contributed by atoms with Crippen LogP contribution in [0.1, 0.15) is 0 Å². The second-order valence-electron chi connectivity index (χ2n) is 4.23. The van der Waals surface area contributed by atoms with Crippen molar-refractivity contribution in [3.05, 3.63) is 47.0 Å². The lowest BCUT2D eigenvalue weighted by Crippen LogP contribution is -2.34. The molecule has 0 amide bonds. The van der Waals surface area contributed by atoms with Crippen molar-refractivity contribution in [3.63, 3.8) is 0 Å². The van der Waals surface area contributed by atoms with E-state index in [9.17, 15) is 13.2 Å². The molecule has 0 bridgehead atoms. The van der Waals surface area contributed by atoms with E-state index < -0.39 is 12.1 Å². The molecule has 0 saturated carbocycles. The van der Waals surface area contributed by atoms with Gasteiger partial charge in [0, 0.05) is 22.3 Å². The fourth-order valence-corrected chi connectivity index (χ4v) is 1.78. The zero-order chi connectivity index (χ0) is 16.3. The monoisotopic (exact) mass is 312 g/mol. The molecule has 6 nitrogen and oxygen atoms in total. The van der Waals surface area contributed by atoms with Gasteiger partial charge in [-0.15, -0.1) is 0 Å². The van der Waals surface area contributed by atoms with Gasteiger partial charge in [0.25, 0.3) is 0 Å². The Labute approximate surface area is 122 Å². The second-order valence-corrected chi connectivity index (χ2v) is 4.23. The van der Waals surface area contributed by atoms with Gasteiger partial charge in [-0.05, 0) is 6.08 Å². The van der Waals surface area contributed by atoms with Gasteiger partial charge in [0.2, 0.25) is 0 Å². The molecule has 2 aliphatic heterocycles. The van der Waals surface area contributed by atoms with Crippen LogP contribution in [0.15, 0.2) is 41.6 Å². The first-order valence-electron chi connectivity index (χ1n) is 5.96. The Balaban J connectivity index is 0.000000217. The molecule has 1 aromatic rings. The fraction of sp³-hybridized carbons (Fsp3) is 0.0769. The largest absolute Gasteiger partial charge is 0.490 e. The Morgan fingerprint density at radius 1 is 1.27 bits per heavy atom. The van der Waals surface area contributed by atoms with Crippen molar-refractivity contribution in [1.29, 1.82) is 0 Å². The number of nitrogens with one attached hydrogen (secondary N) is 1. The number of hydrogen-bond acceptors (Lipinski definition) is 5. The zero-order valence-electron chi connectivity index (χ0n) is 11.0. The molecule has 0 aromatic heterocycles. The van der Waals surface area contributed by atoms with Crippen molar-refractivity contribution < 1.29 is 23.1 Å². The molecule has 0 aliphatic carbocycles. The third kappa shape index (κ3) is 3.19. The van der Waals surface area contributed by atoms with E-state index in [2.05, 4.69) is 10.6 Å². The topological polar surface area (TPSA) is 91.0 Å². The maximum absolute atomic E-state index is 10.6. The summed E-state index contributed by atoms with van der Waals surface area (Å²) in [6, 6.07) is 8.03. The molecule has 0 saturated heterocycles. The first-order chi connectivity index (χ1) is 10.3. The Morgan fingerprint density at radius 2 is 1.86 bits per heavy atom. The van der Waals surface area contributed by atoms with Crippen LogP contribution in [-0.2, 0) is 4.79 Å². The lowest BCUT2D eigenvalue weighted by Gasteiger charge is -2.11. The molecular weight excluding hydrogens is 301 g/mol. The van der Waals surface area contributed by atoms with Crippen LogP contribution >= 0.6 is 0 Å². The summed E-state index contributed by atoms with van der Waals surface area (Å²) < 4.78 is 31.7. The Hall–Kier alpha value is -2.97. The van der Waals surface area contributed by atoms with Crippen LogP contribution in [0.25, 0.3) is 11.4 Å². The van der Waals surface area contributed by atoms with E-state index in [4.69, 9.17) is 15.6 Å². The van der Waals surface area contributed by atoms with Crippen molar-refractivity contribution in [1.82, 2.24) is 10.5 Å². The van der Waals surface area contributed by atoms with E-state index in [1.54, 1.807) is 6.21 Å². The van der Waals surface area contributed by atoms with Gasteiger partial charge in [-0.1, -0.05) is 24.3 Å². The van der Waals surface area contributed by atoms with Crippen LogP contribution in [0.5, 0.6) is 0 Å². The number of hydrazine groups is 1. The second kappa shape index (κ2) is 5.80. The molecule has 2 heterocycles. The van der Waals surface area contributed by atoms with Crippen LogP contribution in [0.4, 0.5) is 13.2 Å². The highest BCUT2D eigenvalue weighted by atomic mass is 19.4. The van der Waals surface area contributed by atoms with Gasteiger partial charge in [-0.25, -0.2) is 15.3 Å². The summed E-state index contributed by atoms with van der Waals surface area (Å²) in [6.45, 7) is 0. The van der Waals surface area contributed by atoms with Gasteiger partial charge >= 0.3 is 12.1 Å². The van der Waals surface area contributed by atoms with Crippen LogP contribution < -0.4 is 21.7 Å². The summed E-state index contributed by atoms with van der Waals surface area (Å²) in [5.41, 5.74) is 10.6. The number of aliphatic carboxylic acids is 1. The maximum Gasteiger partial charge on any atom is 0.490 e. The van der Waals surface area contributed by atoms with Crippen LogP contribution in [0.2, 0.25) is 0 Å². The molecule has 0 unspecified atom stereocenters. The smallest absolute Gasteiger partial charge is 0.475 e. The number of halogens is 3. The molecule has 1 aromatic carbocycles. The normalized spacial score (nSPS) is 15.3. The number of carbonyl (C=O) groups is 1. The average molecular weight is 312 g/mol. The first-order valence-corrected chi connectivity index (χ1v) is 5.96. The molecule has 9 heteroatoms. The summed E-state index contributed by atoms with van der Waals surface area (Å²) in [4.78, 5) is 8.90. The number of hydrazone groups is 1. The van der Waals surface area contributed by atoms with Crippen LogP contribution in [-0.4, -0.2) is 28.5 Å². The molecule has 4 N–H and O–H groups in total. The molecule has 2 aliphatic rings. The third-order valence-electron chi connectivity index (χ3n) is 2.77. The predicted octanol–water partition coefficient (Wildman–Crippen LogP) is -0.172. The van der Waals surface area contributed by atoms with Gasteiger partial charge in [-0.3, -0.25) is 0 Å². The number of alkyl halides is 3. The number of benzene rings is 1. The quantitative estimate of drug-likeness (QED) is 0.619. The number of carboxylic acids is 1. The average Bonchev–Trinajstić information content (AvgIpc) is 2.88. The molecule has 116 valence electrons. The van der Waals surface area contributed by atoms with Gasteiger partial charge in [-0.2, -0.15) is 18.3 Å². The SMILES string of the molecule is NC1=c2ccccc2=C2C=NNN2C=C1.O=C(O)C(F)(F)F. The van der Waals surface area contributed by atoms with Gasteiger partial charge in [0.15, 0.2) is 0 Å². The van der Waals surface area contributed by atoms with Gasteiger partial charge < -0.3 is 10.8 Å². The predicted molar refractivity (Wildman–Crippen MR) is 73.0 cm³/mol.